The van der Waals surface area contributed by atoms with E-state index in [0.29, 0.717) is 13.2 Å². The maximum atomic E-state index is 11.4. The van der Waals surface area contributed by atoms with E-state index < -0.39 is 0 Å². The number of hydrogen-bond donors (Lipinski definition) is 1. The Bertz CT molecular complexity index is 143. The molecule has 0 aliphatic carbocycles. The van der Waals surface area contributed by atoms with Gasteiger partial charge in [0.15, 0.2) is 0 Å². The molecule has 0 heterocycles. The van der Waals surface area contributed by atoms with Crippen LogP contribution < -0.4 is 5.32 Å². The van der Waals surface area contributed by atoms with Crippen molar-refractivity contribution in [3.05, 3.63) is 0 Å². The molecule has 3 heteroatoms. The average Bonchev–Trinajstić information content (AvgIpc) is 2.05. The Morgan fingerprint density at radius 1 is 1.50 bits per heavy atom. The van der Waals surface area contributed by atoms with Crippen LogP contribution in [-0.2, 0) is 9.53 Å². The van der Waals surface area contributed by atoms with Crippen LogP contribution in [0.1, 0.15) is 27.2 Å². The third-order valence-corrected chi connectivity index (χ3v) is 2.09. The summed E-state index contributed by atoms with van der Waals surface area (Å²) >= 11 is 0. The van der Waals surface area contributed by atoms with E-state index in [0.717, 1.165) is 6.42 Å². The van der Waals surface area contributed by atoms with Gasteiger partial charge >= 0.3 is 0 Å². The van der Waals surface area contributed by atoms with Gasteiger partial charge in [0.05, 0.1) is 6.61 Å². The summed E-state index contributed by atoms with van der Waals surface area (Å²) in [6, 6.07) is 0. The quantitative estimate of drug-likeness (QED) is 0.634. The summed E-state index contributed by atoms with van der Waals surface area (Å²) in [4.78, 5) is 11.4. The van der Waals surface area contributed by atoms with Gasteiger partial charge in [0.2, 0.25) is 5.91 Å². The highest BCUT2D eigenvalue weighted by Crippen LogP contribution is 2.18. The highest BCUT2D eigenvalue weighted by Gasteiger charge is 2.24. The lowest BCUT2D eigenvalue weighted by atomic mass is 9.89. The standard InChI is InChI=1S/C9H19NO2/c1-5-9(2,3)8(11)10-6-7-12-4/h5-7H2,1-4H3,(H,10,11). The molecule has 0 rings (SSSR count). The summed E-state index contributed by atoms with van der Waals surface area (Å²) in [5, 5.41) is 2.81. The molecule has 0 unspecified atom stereocenters. The van der Waals surface area contributed by atoms with Crippen LogP contribution in [0.2, 0.25) is 0 Å². The van der Waals surface area contributed by atoms with Gasteiger partial charge < -0.3 is 10.1 Å². The third-order valence-electron chi connectivity index (χ3n) is 2.09. The highest BCUT2D eigenvalue weighted by atomic mass is 16.5. The Hall–Kier alpha value is -0.570. The molecule has 1 N–H and O–H groups in total. The average molecular weight is 173 g/mol. The molecule has 0 aromatic carbocycles. The van der Waals surface area contributed by atoms with Gasteiger partial charge in [-0.25, -0.2) is 0 Å². The highest BCUT2D eigenvalue weighted by molar-refractivity contribution is 5.81. The minimum atomic E-state index is -0.256. The molecule has 1 amide bonds. The van der Waals surface area contributed by atoms with E-state index in [1.165, 1.54) is 0 Å². The molecule has 0 radical (unpaired) electrons. The van der Waals surface area contributed by atoms with E-state index in [1.54, 1.807) is 7.11 Å². The number of methoxy groups -OCH3 is 1. The Morgan fingerprint density at radius 2 is 2.08 bits per heavy atom. The van der Waals surface area contributed by atoms with Crippen LogP contribution in [0.4, 0.5) is 0 Å². The number of hydrogen-bond acceptors (Lipinski definition) is 2. The second kappa shape index (κ2) is 5.14. The lowest BCUT2D eigenvalue weighted by Gasteiger charge is -2.21. The first-order valence-corrected chi connectivity index (χ1v) is 4.32. The first-order chi connectivity index (χ1) is 5.54. The summed E-state index contributed by atoms with van der Waals surface area (Å²) in [5.74, 6) is 0.0991. The van der Waals surface area contributed by atoms with E-state index in [2.05, 4.69) is 5.32 Å². The van der Waals surface area contributed by atoms with Crippen LogP contribution in [-0.4, -0.2) is 26.2 Å². The van der Waals surface area contributed by atoms with Crippen molar-refractivity contribution >= 4 is 5.91 Å². The van der Waals surface area contributed by atoms with E-state index in [1.807, 2.05) is 20.8 Å². The van der Waals surface area contributed by atoms with Gasteiger partial charge in [-0.05, 0) is 6.42 Å². The summed E-state index contributed by atoms with van der Waals surface area (Å²) in [7, 11) is 1.62. The molecule has 72 valence electrons. The van der Waals surface area contributed by atoms with Crippen LogP contribution in [0.25, 0.3) is 0 Å². The fourth-order valence-corrected chi connectivity index (χ4v) is 0.666. The lowest BCUT2D eigenvalue weighted by Crippen LogP contribution is -2.38. The normalized spacial score (nSPS) is 11.3. The topological polar surface area (TPSA) is 38.3 Å². The lowest BCUT2D eigenvalue weighted by molar-refractivity contribution is -0.129. The maximum Gasteiger partial charge on any atom is 0.225 e. The summed E-state index contributed by atoms with van der Waals surface area (Å²) in [6.07, 6.45) is 0.853. The first kappa shape index (κ1) is 11.4. The molecule has 0 saturated carbocycles. The predicted molar refractivity (Wildman–Crippen MR) is 49.0 cm³/mol. The second-order valence-corrected chi connectivity index (χ2v) is 3.49. The fraction of sp³-hybridized carbons (Fsp3) is 0.889. The molecule has 0 aromatic heterocycles. The molecule has 0 spiro atoms. The molecule has 0 bridgehead atoms. The van der Waals surface area contributed by atoms with Gasteiger partial charge in [-0.15, -0.1) is 0 Å². The summed E-state index contributed by atoms with van der Waals surface area (Å²) in [6.45, 7) is 7.06. The molecule has 0 saturated heterocycles. The maximum absolute atomic E-state index is 11.4. The van der Waals surface area contributed by atoms with Crippen molar-refractivity contribution in [1.29, 1.82) is 0 Å². The molecular weight excluding hydrogens is 154 g/mol. The van der Waals surface area contributed by atoms with Gasteiger partial charge in [0.1, 0.15) is 0 Å². The Labute approximate surface area is 74.5 Å². The van der Waals surface area contributed by atoms with E-state index in [9.17, 15) is 4.79 Å². The van der Waals surface area contributed by atoms with Crippen molar-refractivity contribution in [3.8, 4) is 0 Å². The van der Waals surface area contributed by atoms with Crippen LogP contribution in [0, 0.1) is 5.41 Å². The molecule has 0 fully saturated rings. The number of ether oxygens (including phenoxy) is 1. The van der Waals surface area contributed by atoms with Crippen molar-refractivity contribution in [3.63, 3.8) is 0 Å². The van der Waals surface area contributed by atoms with Gasteiger partial charge in [0.25, 0.3) is 0 Å². The van der Waals surface area contributed by atoms with Crippen LogP contribution in [0.5, 0.6) is 0 Å². The minimum absolute atomic E-state index is 0.0991. The molecule has 0 aromatic rings. The number of carbonyl (C=O) groups excluding carboxylic acids is 1. The van der Waals surface area contributed by atoms with Crippen molar-refractivity contribution < 1.29 is 9.53 Å². The SMILES string of the molecule is CCC(C)(C)C(=O)NCCOC. The second-order valence-electron chi connectivity index (χ2n) is 3.49. The van der Waals surface area contributed by atoms with Gasteiger partial charge in [-0.1, -0.05) is 20.8 Å². The van der Waals surface area contributed by atoms with Crippen molar-refractivity contribution in [2.75, 3.05) is 20.3 Å². The van der Waals surface area contributed by atoms with Gasteiger partial charge in [-0.2, -0.15) is 0 Å². The Kier molecular flexibility index (Phi) is 4.90. The molecule has 12 heavy (non-hydrogen) atoms. The number of amides is 1. The van der Waals surface area contributed by atoms with E-state index >= 15 is 0 Å². The summed E-state index contributed by atoms with van der Waals surface area (Å²) < 4.78 is 4.82. The monoisotopic (exact) mass is 173 g/mol. The van der Waals surface area contributed by atoms with E-state index in [4.69, 9.17) is 4.74 Å². The minimum Gasteiger partial charge on any atom is -0.383 e. The Balaban J connectivity index is 3.72. The van der Waals surface area contributed by atoms with E-state index in [-0.39, 0.29) is 11.3 Å². The van der Waals surface area contributed by atoms with Crippen LogP contribution in [0.15, 0.2) is 0 Å². The Morgan fingerprint density at radius 3 is 2.50 bits per heavy atom. The fourth-order valence-electron chi connectivity index (χ4n) is 0.666. The number of nitrogens with one attached hydrogen (secondary N) is 1. The van der Waals surface area contributed by atoms with Crippen LogP contribution in [0.3, 0.4) is 0 Å². The zero-order valence-corrected chi connectivity index (χ0v) is 8.44. The smallest absolute Gasteiger partial charge is 0.225 e. The molecule has 0 aliphatic heterocycles. The summed E-state index contributed by atoms with van der Waals surface area (Å²) in [5.41, 5.74) is -0.256. The van der Waals surface area contributed by atoms with Gasteiger partial charge in [-0.3, -0.25) is 4.79 Å². The first-order valence-electron chi connectivity index (χ1n) is 4.32. The molecular formula is C9H19NO2. The van der Waals surface area contributed by atoms with Crippen molar-refractivity contribution in [2.45, 2.75) is 27.2 Å². The molecule has 0 atom stereocenters. The number of rotatable bonds is 5. The van der Waals surface area contributed by atoms with Crippen molar-refractivity contribution in [2.24, 2.45) is 5.41 Å². The largest absolute Gasteiger partial charge is 0.383 e. The molecule has 3 nitrogen and oxygen atoms in total. The molecule has 0 aliphatic rings. The predicted octanol–water partition coefficient (Wildman–Crippen LogP) is 1.19. The van der Waals surface area contributed by atoms with Gasteiger partial charge in [0, 0.05) is 19.1 Å². The van der Waals surface area contributed by atoms with Crippen LogP contribution >= 0.6 is 0 Å². The zero-order chi connectivity index (χ0) is 9.61. The van der Waals surface area contributed by atoms with Crippen molar-refractivity contribution in [1.82, 2.24) is 5.32 Å². The number of carbonyl (C=O) groups is 1. The third kappa shape index (κ3) is 3.72. The zero-order valence-electron chi connectivity index (χ0n) is 8.44.